The molecule has 1 atom stereocenters. The third kappa shape index (κ3) is 4.33. The predicted molar refractivity (Wildman–Crippen MR) is 64.8 cm³/mol. The van der Waals surface area contributed by atoms with Gasteiger partial charge in [0.05, 0.1) is 0 Å². The van der Waals surface area contributed by atoms with Crippen LogP contribution in [0, 0.1) is 5.82 Å². The molecular formula is C11H11BrFNO4. The van der Waals surface area contributed by atoms with Crippen molar-refractivity contribution >= 4 is 27.8 Å². The average Bonchev–Trinajstić information content (AvgIpc) is 2.27. The Hall–Kier alpha value is -1.63. The summed E-state index contributed by atoms with van der Waals surface area (Å²) in [6, 6.07) is 3.12. The number of halogens is 2. The maximum Gasteiger partial charge on any atom is 0.325 e. The smallest absolute Gasteiger partial charge is 0.325 e. The largest absolute Gasteiger partial charge is 0.481 e. The number of carbonyl (C=O) groups is 2. The summed E-state index contributed by atoms with van der Waals surface area (Å²) >= 11 is 3.08. The first-order valence-electron chi connectivity index (χ1n) is 5.00. The van der Waals surface area contributed by atoms with Crippen LogP contribution in [0.1, 0.15) is 6.92 Å². The van der Waals surface area contributed by atoms with Crippen molar-refractivity contribution in [2.75, 3.05) is 6.61 Å². The normalized spacial score (nSPS) is 11.7. The van der Waals surface area contributed by atoms with Crippen molar-refractivity contribution in [1.82, 2.24) is 5.32 Å². The molecule has 0 radical (unpaired) electrons. The van der Waals surface area contributed by atoms with E-state index in [0.29, 0.717) is 4.47 Å². The number of aliphatic carboxylic acids is 1. The molecule has 18 heavy (non-hydrogen) atoms. The van der Waals surface area contributed by atoms with E-state index in [2.05, 4.69) is 21.2 Å². The van der Waals surface area contributed by atoms with Crippen molar-refractivity contribution in [3.8, 4) is 5.75 Å². The lowest BCUT2D eigenvalue weighted by Crippen LogP contribution is -2.40. The standard InChI is InChI=1S/C11H11BrFNO4/c1-6(11(16)17)14-10(15)5-18-9-3-2-7(12)4-8(9)13/h2-4,6H,5H2,1H3,(H,14,15)(H,16,17)/t6-/m1/s1. The van der Waals surface area contributed by atoms with Crippen LogP contribution in [0.4, 0.5) is 4.39 Å². The molecule has 0 fully saturated rings. The maximum absolute atomic E-state index is 13.3. The summed E-state index contributed by atoms with van der Waals surface area (Å²) in [6.45, 7) is 0.872. The van der Waals surface area contributed by atoms with Gasteiger partial charge in [-0.05, 0) is 25.1 Å². The zero-order valence-electron chi connectivity index (χ0n) is 9.44. The van der Waals surface area contributed by atoms with Crippen LogP contribution in [0.15, 0.2) is 22.7 Å². The number of amides is 1. The number of rotatable bonds is 5. The molecule has 0 heterocycles. The van der Waals surface area contributed by atoms with Gasteiger partial charge in [-0.2, -0.15) is 0 Å². The zero-order valence-corrected chi connectivity index (χ0v) is 11.0. The molecule has 0 unspecified atom stereocenters. The number of benzene rings is 1. The Kier molecular flexibility index (Phi) is 5.08. The van der Waals surface area contributed by atoms with Gasteiger partial charge in [-0.1, -0.05) is 15.9 Å². The number of hydrogen-bond acceptors (Lipinski definition) is 3. The van der Waals surface area contributed by atoms with E-state index in [9.17, 15) is 14.0 Å². The van der Waals surface area contributed by atoms with Gasteiger partial charge in [0, 0.05) is 4.47 Å². The Bertz CT molecular complexity index is 466. The second kappa shape index (κ2) is 6.34. The summed E-state index contributed by atoms with van der Waals surface area (Å²) in [5, 5.41) is 10.8. The number of carboxylic acid groups (broad SMARTS) is 1. The molecule has 7 heteroatoms. The molecule has 0 aliphatic heterocycles. The van der Waals surface area contributed by atoms with Crippen LogP contribution in [0.5, 0.6) is 5.75 Å². The molecule has 0 aromatic heterocycles. The fraction of sp³-hybridized carbons (Fsp3) is 0.273. The highest BCUT2D eigenvalue weighted by atomic mass is 79.9. The Labute approximate surface area is 111 Å². The Morgan fingerprint density at radius 1 is 1.56 bits per heavy atom. The number of nitrogens with one attached hydrogen (secondary N) is 1. The molecule has 98 valence electrons. The van der Waals surface area contributed by atoms with Gasteiger partial charge in [-0.25, -0.2) is 4.39 Å². The number of carbonyl (C=O) groups excluding carboxylic acids is 1. The second-order valence-corrected chi connectivity index (χ2v) is 4.41. The average molecular weight is 320 g/mol. The van der Waals surface area contributed by atoms with Gasteiger partial charge in [0.25, 0.3) is 5.91 Å². The monoisotopic (exact) mass is 319 g/mol. The number of carboxylic acids is 1. The Morgan fingerprint density at radius 3 is 2.78 bits per heavy atom. The molecule has 0 aliphatic rings. The topological polar surface area (TPSA) is 75.6 Å². The summed E-state index contributed by atoms with van der Waals surface area (Å²) in [4.78, 5) is 21.8. The van der Waals surface area contributed by atoms with Gasteiger partial charge in [0.15, 0.2) is 18.2 Å². The van der Waals surface area contributed by atoms with Crippen molar-refractivity contribution in [3.63, 3.8) is 0 Å². The quantitative estimate of drug-likeness (QED) is 0.863. The molecule has 0 saturated carbocycles. The fourth-order valence-corrected chi connectivity index (χ4v) is 1.41. The SMILES string of the molecule is C[C@@H](NC(=O)COc1ccc(Br)cc1F)C(=O)O. The van der Waals surface area contributed by atoms with E-state index in [4.69, 9.17) is 9.84 Å². The minimum atomic E-state index is -1.15. The van der Waals surface area contributed by atoms with E-state index in [1.54, 1.807) is 6.07 Å². The predicted octanol–water partition coefficient (Wildman–Crippen LogP) is 1.56. The van der Waals surface area contributed by atoms with Crippen LogP contribution in [-0.4, -0.2) is 29.6 Å². The van der Waals surface area contributed by atoms with Crippen molar-refractivity contribution in [1.29, 1.82) is 0 Å². The van der Waals surface area contributed by atoms with Gasteiger partial charge in [-0.15, -0.1) is 0 Å². The van der Waals surface area contributed by atoms with Crippen molar-refractivity contribution in [2.45, 2.75) is 13.0 Å². The van der Waals surface area contributed by atoms with Crippen LogP contribution in [0.2, 0.25) is 0 Å². The highest BCUT2D eigenvalue weighted by Crippen LogP contribution is 2.21. The Balaban J connectivity index is 2.50. The van der Waals surface area contributed by atoms with E-state index in [0.717, 1.165) is 0 Å². The van der Waals surface area contributed by atoms with E-state index < -0.39 is 30.3 Å². The first kappa shape index (κ1) is 14.4. The van der Waals surface area contributed by atoms with Gasteiger partial charge < -0.3 is 15.2 Å². The van der Waals surface area contributed by atoms with Crippen LogP contribution in [0.3, 0.4) is 0 Å². The van der Waals surface area contributed by atoms with Gasteiger partial charge in [-0.3, -0.25) is 9.59 Å². The van der Waals surface area contributed by atoms with Crippen LogP contribution >= 0.6 is 15.9 Å². The lowest BCUT2D eigenvalue weighted by molar-refractivity contribution is -0.141. The van der Waals surface area contributed by atoms with E-state index in [-0.39, 0.29) is 5.75 Å². The molecule has 1 rings (SSSR count). The van der Waals surface area contributed by atoms with Crippen molar-refractivity contribution in [2.24, 2.45) is 0 Å². The molecule has 0 bridgehead atoms. The molecule has 0 spiro atoms. The number of hydrogen-bond donors (Lipinski definition) is 2. The van der Waals surface area contributed by atoms with Crippen LogP contribution in [-0.2, 0) is 9.59 Å². The van der Waals surface area contributed by atoms with Crippen molar-refractivity contribution in [3.05, 3.63) is 28.5 Å². The first-order chi connectivity index (χ1) is 8.40. The number of ether oxygens (including phenoxy) is 1. The molecule has 0 aliphatic carbocycles. The molecule has 0 saturated heterocycles. The summed E-state index contributed by atoms with van der Waals surface area (Å²) < 4.78 is 18.8. The van der Waals surface area contributed by atoms with Crippen LogP contribution < -0.4 is 10.1 Å². The maximum atomic E-state index is 13.3. The van der Waals surface area contributed by atoms with Gasteiger partial charge >= 0.3 is 5.97 Å². The summed E-state index contributed by atoms with van der Waals surface area (Å²) in [5.41, 5.74) is 0. The van der Waals surface area contributed by atoms with Crippen LogP contribution in [0.25, 0.3) is 0 Å². The first-order valence-corrected chi connectivity index (χ1v) is 5.79. The zero-order chi connectivity index (χ0) is 13.7. The second-order valence-electron chi connectivity index (χ2n) is 3.49. The summed E-state index contributed by atoms with van der Waals surface area (Å²) in [7, 11) is 0. The van der Waals surface area contributed by atoms with Crippen molar-refractivity contribution < 1.29 is 23.8 Å². The summed E-state index contributed by atoms with van der Waals surface area (Å²) in [5.74, 6) is -2.47. The minimum absolute atomic E-state index is 0.0728. The molecule has 1 aromatic carbocycles. The van der Waals surface area contributed by atoms with E-state index in [1.165, 1.54) is 19.1 Å². The van der Waals surface area contributed by atoms with E-state index >= 15 is 0 Å². The highest BCUT2D eigenvalue weighted by molar-refractivity contribution is 9.10. The fourth-order valence-electron chi connectivity index (χ4n) is 1.08. The van der Waals surface area contributed by atoms with Gasteiger partial charge in [0.1, 0.15) is 6.04 Å². The third-order valence-electron chi connectivity index (χ3n) is 2.00. The van der Waals surface area contributed by atoms with E-state index in [1.807, 2.05) is 0 Å². The lowest BCUT2D eigenvalue weighted by Gasteiger charge is -2.10. The van der Waals surface area contributed by atoms with Gasteiger partial charge in [0.2, 0.25) is 0 Å². The summed E-state index contributed by atoms with van der Waals surface area (Å²) in [6.07, 6.45) is 0. The molecule has 1 aromatic rings. The molecule has 5 nitrogen and oxygen atoms in total. The third-order valence-corrected chi connectivity index (χ3v) is 2.49. The molecular weight excluding hydrogens is 309 g/mol. The lowest BCUT2D eigenvalue weighted by atomic mass is 10.3. The highest BCUT2D eigenvalue weighted by Gasteiger charge is 2.14. The minimum Gasteiger partial charge on any atom is -0.481 e. The molecule has 1 amide bonds. The molecule has 2 N–H and O–H groups in total. The Morgan fingerprint density at radius 2 is 2.22 bits per heavy atom.